The van der Waals surface area contributed by atoms with Crippen molar-refractivity contribution < 1.29 is 42.3 Å². The average Bonchev–Trinajstić information content (AvgIpc) is 3.70. The molecule has 5 N–H and O–H groups in total. The van der Waals surface area contributed by atoms with Crippen molar-refractivity contribution in [3.8, 4) is 0 Å². The molecule has 51 heavy (non-hydrogen) atoms. The molecule has 16 heteroatoms. The number of nitrogens with two attached hydrogens (primary N) is 1. The highest BCUT2D eigenvalue weighted by molar-refractivity contribution is 7.52. The number of aromatic nitrogens is 2. The molecule has 3 aliphatic rings. The van der Waals surface area contributed by atoms with Crippen LogP contribution < -0.4 is 5.73 Å². The molecule has 2 saturated heterocycles. The van der Waals surface area contributed by atoms with E-state index in [1.165, 1.54) is 37.1 Å². The third-order valence-corrected chi connectivity index (χ3v) is 10.4. The Kier molecular flexibility index (Phi) is 11.2. The number of carbonyl (C=O) groups excluding carboxylic acids is 4. The van der Waals surface area contributed by atoms with Gasteiger partial charge in [0.25, 0.3) is 5.91 Å². The van der Waals surface area contributed by atoms with Gasteiger partial charge in [0, 0.05) is 61.7 Å². The topological polar surface area (TPSA) is 190 Å². The van der Waals surface area contributed by atoms with Gasteiger partial charge in [-0.15, -0.1) is 0 Å². The number of H-pyrrole nitrogens is 1. The maximum absolute atomic E-state index is 13.6. The Morgan fingerprint density at radius 2 is 1.75 bits per heavy atom. The number of fused-ring (bicyclic) bond motifs is 3. The molecule has 1 aliphatic carbocycles. The number of rotatable bonds is 6. The van der Waals surface area contributed by atoms with Crippen LogP contribution in [0.5, 0.6) is 0 Å². The molecule has 3 aromatic carbocycles. The highest BCUT2D eigenvalue weighted by atomic mass is 31.2. The first-order valence-electron chi connectivity index (χ1n) is 16.6. The van der Waals surface area contributed by atoms with Crippen LogP contribution >= 0.6 is 7.60 Å². The lowest BCUT2D eigenvalue weighted by Gasteiger charge is -2.32. The Morgan fingerprint density at radius 1 is 1.02 bits per heavy atom. The number of carbonyl (C=O) groups is 4. The van der Waals surface area contributed by atoms with Gasteiger partial charge >= 0.3 is 13.3 Å². The van der Waals surface area contributed by atoms with Crippen molar-refractivity contribution in [2.75, 3.05) is 26.7 Å². The van der Waals surface area contributed by atoms with E-state index in [2.05, 4.69) is 10.2 Å². The molecule has 1 aromatic heterocycles. The molecule has 0 bridgehead atoms. The van der Waals surface area contributed by atoms with Gasteiger partial charge in [-0.05, 0) is 80.1 Å². The van der Waals surface area contributed by atoms with Crippen LogP contribution in [-0.4, -0.2) is 97.6 Å². The molecule has 1 saturated carbocycles. The molecule has 4 amide bonds. The molecule has 0 radical (unpaired) electrons. The summed E-state index contributed by atoms with van der Waals surface area (Å²) in [6, 6.07) is 14.2. The number of primary amides is 1. The molecule has 272 valence electrons. The summed E-state index contributed by atoms with van der Waals surface area (Å²) < 4.78 is 38.0. The van der Waals surface area contributed by atoms with E-state index >= 15 is 0 Å². The van der Waals surface area contributed by atoms with E-state index in [4.69, 9.17) is 15.5 Å². The van der Waals surface area contributed by atoms with Crippen molar-refractivity contribution >= 4 is 53.4 Å². The molecule has 3 heterocycles. The van der Waals surface area contributed by atoms with Gasteiger partial charge in [0.05, 0.1) is 5.52 Å². The highest BCUT2D eigenvalue weighted by Gasteiger charge is 2.50. The van der Waals surface area contributed by atoms with E-state index in [1.54, 1.807) is 9.80 Å². The number of aromatic amines is 1. The largest absolute Gasteiger partial charge is 0.399 e. The van der Waals surface area contributed by atoms with Gasteiger partial charge in [-0.3, -0.25) is 28.8 Å². The normalized spacial score (nSPS) is 17.8. The molecular weight excluding hydrogens is 685 g/mol. The van der Waals surface area contributed by atoms with Crippen LogP contribution in [-0.2, 0) is 19.8 Å². The smallest absolute Gasteiger partial charge is 0.366 e. The first-order chi connectivity index (χ1) is 24.1. The fourth-order valence-corrected chi connectivity index (χ4v) is 6.70. The number of halogens is 2. The zero-order valence-electron chi connectivity index (χ0n) is 28.3. The molecule has 3 fully saturated rings. The third-order valence-electron chi connectivity index (χ3n) is 9.36. The second kappa shape index (κ2) is 15.3. The number of hydrogen-bond acceptors (Lipinski definition) is 6. The Morgan fingerprint density at radius 3 is 2.39 bits per heavy atom. The van der Waals surface area contributed by atoms with E-state index in [9.17, 15) is 32.5 Å². The SMILES string of the molecule is CN(C=O)C1CC1.Cc1ccc2[nH]nc(C(=O)N3CCC(=O)N4CCCC4CC3)c2c1.NC(=O)c1ccc2ccc(C(F)(F)P(=O)(O)O)cc2c1. The number of nitrogens with one attached hydrogen (secondary N) is 1. The number of aryl methyl sites for hydroxylation is 1. The third kappa shape index (κ3) is 8.61. The van der Waals surface area contributed by atoms with Crippen molar-refractivity contribution in [2.45, 2.75) is 63.2 Å². The van der Waals surface area contributed by atoms with Crippen LogP contribution in [0.3, 0.4) is 0 Å². The Hall–Kier alpha value is -4.72. The maximum atomic E-state index is 13.6. The van der Waals surface area contributed by atoms with Gasteiger partial charge in [0.1, 0.15) is 0 Å². The van der Waals surface area contributed by atoms with Gasteiger partial charge in [-0.25, -0.2) is 0 Å². The predicted octanol–water partition coefficient (Wildman–Crippen LogP) is 4.50. The van der Waals surface area contributed by atoms with E-state index < -0.39 is 24.7 Å². The minimum atomic E-state index is -5.62. The highest BCUT2D eigenvalue weighted by Crippen LogP contribution is 2.59. The van der Waals surface area contributed by atoms with E-state index in [1.807, 2.05) is 37.1 Å². The number of hydrogen-bond donors (Lipinski definition) is 4. The predicted molar refractivity (Wildman–Crippen MR) is 186 cm³/mol. The van der Waals surface area contributed by atoms with Gasteiger partial charge in [0.2, 0.25) is 18.2 Å². The number of nitrogens with zero attached hydrogens (tertiary/aromatic N) is 4. The second-order valence-corrected chi connectivity index (χ2v) is 14.7. The molecule has 1 unspecified atom stereocenters. The molecular formula is C35H41F2N6O7P. The molecule has 0 spiro atoms. The summed E-state index contributed by atoms with van der Waals surface area (Å²) in [5, 5.41) is 8.82. The van der Waals surface area contributed by atoms with Crippen LogP contribution in [0.4, 0.5) is 8.78 Å². The molecule has 13 nitrogen and oxygen atoms in total. The van der Waals surface area contributed by atoms with Crippen molar-refractivity contribution in [1.82, 2.24) is 24.9 Å². The van der Waals surface area contributed by atoms with E-state index in [0.717, 1.165) is 60.8 Å². The van der Waals surface area contributed by atoms with Gasteiger partial charge < -0.3 is 30.2 Å². The van der Waals surface area contributed by atoms with Crippen LogP contribution in [0.25, 0.3) is 21.7 Å². The van der Waals surface area contributed by atoms with Crippen molar-refractivity contribution in [2.24, 2.45) is 5.73 Å². The maximum Gasteiger partial charge on any atom is 0.399 e. The Bertz CT molecular complexity index is 2000. The number of alkyl halides is 2. The van der Waals surface area contributed by atoms with Crippen LogP contribution in [0.1, 0.15) is 70.5 Å². The Labute approximate surface area is 292 Å². The van der Waals surface area contributed by atoms with Crippen LogP contribution in [0.15, 0.2) is 54.6 Å². The average molecular weight is 727 g/mol. The van der Waals surface area contributed by atoms with Gasteiger partial charge in [-0.2, -0.15) is 13.9 Å². The number of benzene rings is 3. The van der Waals surface area contributed by atoms with Crippen molar-refractivity contribution in [3.63, 3.8) is 0 Å². The fourth-order valence-electron chi connectivity index (χ4n) is 6.22. The fraction of sp³-hybridized carbons (Fsp3) is 0.400. The summed E-state index contributed by atoms with van der Waals surface area (Å²) in [6.07, 6.45) is 6.69. The molecule has 7 rings (SSSR count). The molecule has 1 atom stereocenters. The first-order valence-corrected chi connectivity index (χ1v) is 18.2. The lowest BCUT2D eigenvalue weighted by atomic mass is 10.0. The van der Waals surface area contributed by atoms with Gasteiger partial charge in [-0.1, -0.05) is 29.8 Å². The second-order valence-electron chi connectivity index (χ2n) is 13.1. The summed E-state index contributed by atoms with van der Waals surface area (Å²) in [5.41, 5.74) is 2.53. The minimum Gasteiger partial charge on any atom is -0.366 e. The van der Waals surface area contributed by atoms with Crippen LogP contribution in [0, 0.1) is 6.92 Å². The lowest BCUT2D eigenvalue weighted by Crippen LogP contribution is -2.44. The van der Waals surface area contributed by atoms with Crippen molar-refractivity contribution in [1.29, 1.82) is 0 Å². The first kappa shape index (κ1) is 37.5. The summed E-state index contributed by atoms with van der Waals surface area (Å²) >= 11 is 0. The summed E-state index contributed by atoms with van der Waals surface area (Å²) in [5.74, 6) is -0.622. The minimum absolute atomic E-state index is 0.0777. The molecule has 4 aromatic rings. The number of amides is 4. The van der Waals surface area contributed by atoms with E-state index in [-0.39, 0.29) is 22.8 Å². The standard InChI is InChI=1S/C18H22N4O2.C12H10F2NO4P.C5H9NO/c1-12-4-5-15-14(11-12)17(20-19-15)18(24)21-9-6-13-3-2-8-22(13)16(23)7-10-21;13-12(14,20(17,18)19)10-4-3-7-1-2-8(11(15)16)5-9(7)6-10;1-6(4-7)5-2-3-5/h4-5,11,13H,2-3,6-10H2,1H3,(H,19,20);1-6H,(H2,15,16)(H2,17,18,19);4-5H,2-3H2,1H3. The van der Waals surface area contributed by atoms with E-state index in [0.29, 0.717) is 42.7 Å². The summed E-state index contributed by atoms with van der Waals surface area (Å²) in [4.78, 5) is 69.2. The Balaban J connectivity index is 0.000000168. The molecule has 2 aliphatic heterocycles. The zero-order chi connectivity index (χ0) is 37.1. The quantitative estimate of drug-likeness (QED) is 0.165. The van der Waals surface area contributed by atoms with Crippen molar-refractivity contribution in [3.05, 3.63) is 77.0 Å². The zero-order valence-corrected chi connectivity index (χ0v) is 29.2. The van der Waals surface area contributed by atoms with Gasteiger partial charge in [0.15, 0.2) is 5.69 Å². The lowest BCUT2D eigenvalue weighted by molar-refractivity contribution is -0.133. The monoisotopic (exact) mass is 726 g/mol. The van der Waals surface area contributed by atoms with Crippen LogP contribution in [0.2, 0.25) is 0 Å². The summed E-state index contributed by atoms with van der Waals surface area (Å²) in [7, 11) is -3.80. The summed E-state index contributed by atoms with van der Waals surface area (Å²) in [6.45, 7) is 4.04.